The molecule has 0 radical (unpaired) electrons. The van der Waals surface area contributed by atoms with Gasteiger partial charge in [0, 0.05) is 18.6 Å². The van der Waals surface area contributed by atoms with E-state index >= 15 is 0 Å². The Kier molecular flexibility index (Phi) is 3.56. The van der Waals surface area contributed by atoms with Gasteiger partial charge in [0.1, 0.15) is 11.6 Å². The predicted octanol–water partition coefficient (Wildman–Crippen LogP) is 2.94. The van der Waals surface area contributed by atoms with Crippen molar-refractivity contribution in [2.24, 2.45) is 0 Å². The van der Waals surface area contributed by atoms with E-state index in [2.05, 4.69) is 15.9 Å². The van der Waals surface area contributed by atoms with Crippen LogP contribution in [0, 0.1) is 11.6 Å². The van der Waals surface area contributed by atoms with Crippen LogP contribution in [0.15, 0.2) is 16.6 Å². The Balaban J connectivity index is 2.32. The normalized spacial score (nSPS) is 25.8. The first-order chi connectivity index (χ1) is 7.58. The van der Waals surface area contributed by atoms with Crippen LogP contribution in [0.5, 0.6) is 0 Å². The largest absolute Gasteiger partial charge is 0.393 e. The molecule has 1 aliphatic rings. The zero-order valence-corrected chi connectivity index (χ0v) is 10.0. The molecule has 0 aliphatic carbocycles. The predicted molar refractivity (Wildman–Crippen MR) is 58.0 cm³/mol. The van der Waals surface area contributed by atoms with Crippen molar-refractivity contribution in [3.05, 3.63) is 33.8 Å². The molecule has 0 spiro atoms. The highest BCUT2D eigenvalue weighted by Crippen LogP contribution is 2.33. The molecule has 1 heterocycles. The standard InChI is InChI=1S/C11H11BrF2O2/c12-9-4-6(13)3-8(11(9)14)10-5-7(15)1-2-16-10/h3-4,7,10,15H,1-2,5H2. The third-order valence-corrected chi connectivity index (χ3v) is 3.20. The summed E-state index contributed by atoms with van der Waals surface area (Å²) in [6, 6.07) is 2.18. The summed E-state index contributed by atoms with van der Waals surface area (Å²) in [7, 11) is 0. The van der Waals surface area contributed by atoms with Crippen molar-refractivity contribution in [1.29, 1.82) is 0 Å². The summed E-state index contributed by atoms with van der Waals surface area (Å²) in [4.78, 5) is 0. The first kappa shape index (κ1) is 12.0. The van der Waals surface area contributed by atoms with Crippen LogP contribution in [0.2, 0.25) is 0 Å². The molecule has 1 saturated heterocycles. The van der Waals surface area contributed by atoms with Crippen molar-refractivity contribution in [3.8, 4) is 0 Å². The number of hydrogen-bond donors (Lipinski definition) is 1. The van der Waals surface area contributed by atoms with Gasteiger partial charge in [-0.25, -0.2) is 8.78 Å². The van der Waals surface area contributed by atoms with Crippen LogP contribution in [-0.2, 0) is 4.74 Å². The minimum atomic E-state index is -0.573. The minimum absolute atomic E-state index is 0.0752. The van der Waals surface area contributed by atoms with Crippen molar-refractivity contribution in [2.45, 2.75) is 25.0 Å². The molecule has 5 heteroatoms. The maximum absolute atomic E-state index is 13.7. The Morgan fingerprint density at radius 2 is 2.12 bits per heavy atom. The van der Waals surface area contributed by atoms with E-state index in [0.717, 1.165) is 12.1 Å². The second-order valence-electron chi connectivity index (χ2n) is 3.83. The van der Waals surface area contributed by atoms with Gasteiger partial charge in [0.05, 0.1) is 16.7 Å². The molecule has 1 aromatic carbocycles. The molecule has 1 aromatic rings. The van der Waals surface area contributed by atoms with Crippen LogP contribution in [-0.4, -0.2) is 17.8 Å². The lowest BCUT2D eigenvalue weighted by Gasteiger charge is -2.27. The summed E-state index contributed by atoms with van der Waals surface area (Å²) in [5.74, 6) is -1.05. The van der Waals surface area contributed by atoms with Gasteiger partial charge in [0.15, 0.2) is 0 Å². The van der Waals surface area contributed by atoms with Gasteiger partial charge in [-0.15, -0.1) is 0 Å². The van der Waals surface area contributed by atoms with Crippen molar-refractivity contribution < 1.29 is 18.6 Å². The molecule has 88 valence electrons. The number of benzene rings is 1. The quantitative estimate of drug-likeness (QED) is 0.807. The maximum Gasteiger partial charge on any atom is 0.143 e. The Hall–Kier alpha value is -0.520. The number of halogens is 3. The first-order valence-electron chi connectivity index (χ1n) is 5.02. The van der Waals surface area contributed by atoms with Gasteiger partial charge in [-0.05, 0) is 34.5 Å². The van der Waals surface area contributed by atoms with Gasteiger partial charge in [-0.3, -0.25) is 0 Å². The van der Waals surface area contributed by atoms with Crippen molar-refractivity contribution in [1.82, 2.24) is 0 Å². The first-order valence-corrected chi connectivity index (χ1v) is 5.81. The summed E-state index contributed by atoms with van der Waals surface area (Å²) in [6.45, 7) is 0.361. The lowest BCUT2D eigenvalue weighted by atomic mass is 9.99. The Labute approximate surface area is 100 Å². The highest BCUT2D eigenvalue weighted by Gasteiger charge is 2.26. The van der Waals surface area contributed by atoms with Crippen LogP contribution in [0.4, 0.5) is 8.78 Å². The van der Waals surface area contributed by atoms with Crippen molar-refractivity contribution in [2.75, 3.05) is 6.61 Å². The third-order valence-electron chi connectivity index (χ3n) is 2.62. The molecule has 1 fully saturated rings. The van der Waals surface area contributed by atoms with Gasteiger partial charge < -0.3 is 9.84 Å². The molecule has 0 saturated carbocycles. The van der Waals surface area contributed by atoms with Crippen LogP contribution >= 0.6 is 15.9 Å². The Morgan fingerprint density at radius 3 is 2.81 bits per heavy atom. The molecule has 0 amide bonds. The smallest absolute Gasteiger partial charge is 0.143 e. The van der Waals surface area contributed by atoms with E-state index < -0.39 is 23.8 Å². The molecule has 1 N–H and O–H groups in total. The molecule has 0 aromatic heterocycles. The van der Waals surface area contributed by atoms with Crippen LogP contribution < -0.4 is 0 Å². The van der Waals surface area contributed by atoms with E-state index in [0.29, 0.717) is 19.4 Å². The van der Waals surface area contributed by atoms with E-state index in [9.17, 15) is 13.9 Å². The fourth-order valence-electron chi connectivity index (χ4n) is 1.81. The molecule has 2 nitrogen and oxygen atoms in total. The van der Waals surface area contributed by atoms with Gasteiger partial charge in [-0.2, -0.15) is 0 Å². The van der Waals surface area contributed by atoms with E-state index in [4.69, 9.17) is 4.74 Å². The van der Waals surface area contributed by atoms with E-state index in [1.54, 1.807) is 0 Å². The SMILES string of the molecule is OC1CCOC(c2cc(F)cc(Br)c2F)C1. The Morgan fingerprint density at radius 1 is 1.38 bits per heavy atom. The van der Waals surface area contributed by atoms with Crippen LogP contribution in [0.25, 0.3) is 0 Å². The molecule has 2 unspecified atom stereocenters. The highest BCUT2D eigenvalue weighted by molar-refractivity contribution is 9.10. The second-order valence-corrected chi connectivity index (χ2v) is 4.68. The van der Waals surface area contributed by atoms with Gasteiger partial charge in [0.25, 0.3) is 0 Å². The number of rotatable bonds is 1. The summed E-state index contributed by atoms with van der Waals surface area (Å²) >= 11 is 2.95. The second kappa shape index (κ2) is 4.77. The fraction of sp³-hybridized carbons (Fsp3) is 0.455. The lowest BCUT2D eigenvalue weighted by molar-refractivity contribution is -0.0463. The average Bonchev–Trinajstić information content (AvgIpc) is 2.23. The van der Waals surface area contributed by atoms with Gasteiger partial charge >= 0.3 is 0 Å². The van der Waals surface area contributed by atoms with E-state index in [1.165, 1.54) is 0 Å². The molecule has 2 rings (SSSR count). The fourth-order valence-corrected chi connectivity index (χ4v) is 2.25. The highest BCUT2D eigenvalue weighted by atomic mass is 79.9. The Bertz CT molecular complexity index is 398. The molecule has 16 heavy (non-hydrogen) atoms. The van der Waals surface area contributed by atoms with Crippen LogP contribution in [0.1, 0.15) is 24.5 Å². The lowest BCUT2D eigenvalue weighted by Crippen LogP contribution is -2.24. The molecular formula is C11H11BrF2O2. The van der Waals surface area contributed by atoms with Gasteiger partial charge in [-0.1, -0.05) is 0 Å². The van der Waals surface area contributed by atoms with Crippen LogP contribution in [0.3, 0.4) is 0 Å². The van der Waals surface area contributed by atoms with Crippen molar-refractivity contribution in [3.63, 3.8) is 0 Å². The molecule has 0 bridgehead atoms. The number of ether oxygens (including phenoxy) is 1. The summed E-state index contributed by atoms with van der Waals surface area (Å²) in [5.41, 5.74) is 0.158. The minimum Gasteiger partial charge on any atom is -0.393 e. The zero-order chi connectivity index (χ0) is 11.7. The summed E-state index contributed by atoms with van der Waals surface area (Å²) in [5, 5.41) is 9.46. The van der Waals surface area contributed by atoms with Gasteiger partial charge in [0.2, 0.25) is 0 Å². The average molecular weight is 293 g/mol. The summed E-state index contributed by atoms with van der Waals surface area (Å²) < 4.78 is 32.3. The van der Waals surface area contributed by atoms with E-state index in [-0.39, 0.29) is 10.0 Å². The molecule has 1 aliphatic heterocycles. The number of aliphatic hydroxyl groups excluding tert-OH is 1. The topological polar surface area (TPSA) is 29.5 Å². The number of hydrogen-bond acceptors (Lipinski definition) is 2. The maximum atomic E-state index is 13.7. The molecule has 2 atom stereocenters. The third kappa shape index (κ3) is 2.42. The molecular weight excluding hydrogens is 282 g/mol. The van der Waals surface area contributed by atoms with Crippen molar-refractivity contribution >= 4 is 15.9 Å². The number of aliphatic hydroxyl groups is 1. The monoisotopic (exact) mass is 292 g/mol. The summed E-state index contributed by atoms with van der Waals surface area (Å²) in [6.07, 6.45) is -0.252. The zero-order valence-electron chi connectivity index (χ0n) is 8.42. The van der Waals surface area contributed by atoms with E-state index in [1.807, 2.05) is 0 Å².